The van der Waals surface area contributed by atoms with Crippen LogP contribution in [0.3, 0.4) is 0 Å². The van der Waals surface area contributed by atoms with Crippen molar-refractivity contribution in [1.82, 2.24) is 24.8 Å². The number of carbonyl (C=O) groups is 1. The van der Waals surface area contributed by atoms with Crippen LogP contribution in [0.5, 0.6) is 0 Å². The highest BCUT2D eigenvalue weighted by Gasteiger charge is 2.30. The van der Waals surface area contributed by atoms with E-state index in [0.29, 0.717) is 31.9 Å². The molecule has 158 valence electrons. The third kappa shape index (κ3) is 3.81. The maximum atomic E-state index is 13.1. The maximum Gasteiger partial charge on any atom is 0.227 e. The third-order valence-corrected chi connectivity index (χ3v) is 5.69. The molecule has 0 fully saturated rings. The van der Waals surface area contributed by atoms with Crippen molar-refractivity contribution < 1.29 is 9.32 Å². The fraction of sp³-hybridized carbons (Fsp3) is 0.455. The summed E-state index contributed by atoms with van der Waals surface area (Å²) in [6.45, 7) is 11.5. The van der Waals surface area contributed by atoms with E-state index in [4.69, 9.17) is 4.52 Å². The molecule has 1 amide bonds. The molecule has 3 aromatic rings. The van der Waals surface area contributed by atoms with E-state index >= 15 is 0 Å². The van der Waals surface area contributed by atoms with E-state index < -0.39 is 0 Å². The van der Waals surface area contributed by atoms with Crippen molar-refractivity contribution >= 4 is 17.4 Å². The summed E-state index contributed by atoms with van der Waals surface area (Å²) < 4.78 is 7.38. The Morgan fingerprint density at radius 2 is 1.97 bits per heavy atom. The zero-order chi connectivity index (χ0) is 21.4. The smallest absolute Gasteiger partial charge is 0.227 e. The molecule has 4 rings (SSSR count). The van der Waals surface area contributed by atoms with Gasteiger partial charge in [-0.15, -0.1) is 0 Å². The van der Waals surface area contributed by atoms with Gasteiger partial charge in [0.15, 0.2) is 5.82 Å². The van der Waals surface area contributed by atoms with Crippen molar-refractivity contribution in [2.45, 2.75) is 54.1 Å². The summed E-state index contributed by atoms with van der Waals surface area (Å²) in [4.78, 5) is 19.3. The van der Waals surface area contributed by atoms with Crippen molar-refractivity contribution in [3.05, 3.63) is 52.3 Å². The summed E-state index contributed by atoms with van der Waals surface area (Å²) in [6, 6.07) is 6.16. The minimum absolute atomic E-state index is 0.104. The Morgan fingerprint density at radius 1 is 1.23 bits per heavy atom. The van der Waals surface area contributed by atoms with Crippen LogP contribution in [0, 0.1) is 33.6 Å². The number of fused-ring (bicyclic) bond motifs is 1. The Bertz CT molecular complexity index is 1060. The van der Waals surface area contributed by atoms with E-state index in [1.165, 1.54) is 0 Å². The van der Waals surface area contributed by atoms with Gasteiger partial charge in [-0.2, -0.15) is 5.10 Å². The molecule has 0 aliphatic carbocycles. The van der Waals surface area contributed by atoms with Crippen LogP contribution in [0.15, 0.2) is 22.7 Å². The van der Waals surface area contributed by atoms with Gasteiger partial charge >= 0.3 is 0 Å². The van der Waals surface area contributed by atoms with Crippen molar-refractivity contribution in [3.8, 4) is 0 Å². The molecule has 8 heteroatoms. The Hall–Kier alpha value is -3.16. The van der Waals surface area contributed by atoms with Gasteiger partial charge in [0.25, 0.3) is 0 Å². The Kier molecular flexibility index (Phi) is 5.32. The fourth-order valence-corrected chi connectivity index (χ4v) is 4.01. The standard InChI is InChI=1S/C22H28N6O2/c1-13-7-6-8-14(2)20(13)24-21-18-12-27(10-9-19(18)30-26-21)22(29)15(3)11-28-17(5)23-16(4)25-28/h6-8,15H,9-12H2,1-5H3,(H,24,26)/t15-/m1/s1. The number of aryl methyl sites for hydroxylation is 4. The van der Waals surface area contributed by atoms with Gasteiger partial charge in [-0.1, -0.05) is 30.3 Å². The summed E-state index contributed by atoms with van der Waals surface area (Å²) in [6.07, 6.45) is 0.663. The monoisotopic (exact) mass is 408 g/mol. The van der Waals surface area contributed by atoms with Crippen molar-refractivity contribution in [3.63, 3.8) is 0 Å². The van der Waals surface area contributed by atoms with Gasteiger partial charge < -0.3 is 14.7 Å². The van der Waals surface area contributed by atoms with Crippen LogP contribution >= 0.6 is 0 Å². The minimum Gasteiger partial charge on any atom is -0.359 e. The summed E-state index contributed by atoms with van der Waals surface area (Å²) in [5, 5.41) is 12.1. The highest BCUT2D eigenvalue weighted by atomic mass is 16.5. The number of hydrogen-bond acceptors (Lipinski definition) is 6. The maximum absolute atomic E-state index is 13.1. The second kappa shape index (κ2) is 7.93. The number of para-hydroxylation sites is 1. The zero-order valence-corrected chi connectivity index (χ0v) is 18.2. The van der Waals surface area contributed by atoms with Crippen LogP contribution in [-0.4, -0.2) is 37.3 Å². The molecule has 8 nitrogen and oxygen atoms in total. The predicted molar refractivity (Wildman–Crippen MR) is 113 cm³/mol. The molecule has 1 aliphatic rings. The van der Waals surface area contributed by atoms with E-state index in [0.717, 1.165) is 39.8 Å². The van der Waals surface area contributed by atoms with Crippen LogP contribution < -0.4 is 5.32 Å². The predicted octanol–water partition coefficient (Wildman–Crippen LogP) is 3.46. The molecule has 0 spiro atoms. The summed E-state index contributed by atoms with van der Waals surface area (Å²) in [5.41, 5.74) is 4.27. The van der Waals surface area contributed by atoms with Crippen molar-refractivity contribution in [2.24, 2.45) is 5.92 Å². The summed E-state index contributed by atoms with van der Waals surface area (Å²) in [5.74, 6) is 3.00. The number of nitrogens with zero attached hydrogens (tertiary/aromatic N) is 5. The van der Waals surface area contributed by atoms with Crippen LogP contribution in [-0.2, 0) is 24.3 Å². The number of aromatic nitrogens is 4. The van der Waals surface area contributed by atoms with Gasteiger partial charge in [0, 0.05) is 18.7 Å². The number of hydrogen-bond donors (Lipinski definition) is 1. The van der Waals surface area contributed by atoms with E-state index in [1.54, 1.807) is 4.68 Å². The van der Waals surface area contributed by atoms with Crippen molar-refractivity contribution in [1.29, 1.82) is 0 Å². The van der Waals surface area contributed by atoms with Gasteiger partial charge in [-0.25, -0.2) is 9.67 Å². The van der Waals surface area contributed by atoms with E-state index in [2.05, 4.69) is 46.5 Å². The van der Waals surface area contributed by atoms with Crippen LogP contribution in [0.1, 0.15) is 41.0 Å². The van der Waals surface area contributed by atoms with E-state index in [9.17, 15) is 4.79 Å². The molecule has 3 heterocycles. The number of amides is 1. The molecule has 1 aromatic carbocycles. The van der Waals surface area contributed by atoms with Gasteiger partial charge in [0.1, 0.15) is 17.4 Å². The Labute approximate surface area is 176 Å². The number of nitrogens with one attached hydrogen (secondary N) is 1. The number of carbonyl (C=O) groups excluding carboxylic acids is 1. The fourth-order valence-electron chi connectivity index (χ4n) is 4.01. The molecular formula is C22H28N6O2. The minimum atomic E-state index is -0.193. The largest absolute Gasteiger partial charge is 0.359 e. The van der Waals surface area contributed by atoms with Crippen LogP contribution in [0.25, 0.3) is 0 Å². The molecule has 1 N–H and O–H groups in total. The normalized spacial score (nSPS) is 14.5. The molecule has 0 unspecified atom stereocenters. The topological polar surface area (TPSA) is 89.1 Å². The average Bonchev–Trinajstić information content (AvgIpc) is 3.25. The second-order valence-corrected chi connectivity index (χ2v) is 8.12. The van der Waals surface area contributed by atoms with Crippen molar-refractivity contribution in [2.75, 3.05) is 11.9 Å². The lowest BCUT2D eigenvalue weighted by molar-refractivity contribution is -0.136. The first-order valence-electron chi connectivity index (χ1n) is 10.3. The summed E-state index contributed by atoms with van der Waals surface area (Å²) >= 11 is 0. The zero-order valence-electron chi connectivity index (χ0n) is 18.2. The molecule has 1 atom stereocenters. The highest BCUT2D eigenvalue weighted by Crippen LogP contribution is 2.31. The average molecular weight is 409 g/mol. The molecule has 0 saturated carbocycles. The number of rotatable bonds is 5. The number of anilines is 2. The highest BCUT2D eigenvalue weighted by molar-refractivity contribution is 5.79. The van der Waals surface area contributed by atoms with Gasteiger partial charge in [0.2, 0.25) is 5.91 Å². The molecule has 1 aliphatic heterocycles. The lowest BCUT2D eigenvalue weighted by atomic mass is 10.0. The Morgan fingerprint density at radius 3 is 2.63 bits per heavy atom. The van der Waals surface area contributed by atoms with E-state index in [-0.39, 0.29) is 11.8 Å². The third-order valence-electron chi connectivity index (χ3n) is 5.69. The molecular weight excluding hydrogens is 380 g/mol. The van der Waals surface area contributed by atoms with Crippen LogP contribution in [0.4, 0.5) is 11.5 Å². The molecule has 30 heavy (non-hydrogen) atoms. The Balaban J connectivity index is 1.50. The van der Waals surface area contributed by atoms with Gasteiger partial charge in [-0.3, -0.25) is 4.79 Å². The first-order chi connectivity index (χ1) is 14.3. The van der Waals surface area contributed by atoms with Crippen LogP contribution in [0.2, 0.25) is 0 Å². The first-order valence-corrected chi connectivity index (χ1v) is 10.3. The van der Waals surface area contributed by atoms with Gasteiger partial charge in [0.05, 0.1) is 24.6 Å². The first kappa shape index (κ1) is 20.1. The lowest BCUT2D eigenvalue weighted by Crippen LogP contribution is -2.40. The second-order valence-electron chi connectivity index (χ2n) is 8.12. The molecule has 0 radical (unpaired) electrons. The summed E-state index contributed by atoms with van der Waals surface area (Å²) in [7, 11) is 0. The molecule has 2 aromatic heterocycles. The quantitative estimate of drug-likeness (QED) is 0.695. The van der Waals surface area contributed by atoms with Gasteiger partial charge in [-0.05, 0) is 38.8 Å². The molecule has 0 saturated heterocycles. The van der Waals surface area contributed by atoms with E-state index in [1.807, 2.05) is 31.7 Å². The number of benzene rings is 1. The molecule has 0 bridgehead atoms. The lowest BCUT2D eigenvalue weighted by Gasteiger charge is -2.29. The SMILES string of the molecule is Cc1nc(C)n(C[C@@H](C)C(=O)N2CCc3onc(Nc4c(C)cccc4C)c3C2)n1.